The number of carbonyl (C=O) groups excluding carboxylic acids is 1. The summed E-state index contributed by atoms with van der Waals surface area (Å²) in [6.07, 6.45) is 10.0. The Kier molecular flexibility index (Phi) is 5.26. The first-order chi connectivity index (χ1) is 12.7. The number of hydrogen-bond donors (Lipinski definition) is 1. The van der Waals surface area contributed by atoms with Crippen LogP contribution in [0.25, 0.3) is 10.7 Å². The molecule has 0 aromatic carbocycles. The second-order valence-electron chi connectivity index (χ2n) is 7.08. The molecule has 26 heavy (non-hydrogen) atoms. The molecule has 1 amide bonds. The standard InChI is InChI=1S/C19H24N4O2S/c1-25-13-8-6-12(7-9-13)21-19(24)17-14-4-2-3-5-15(14)22-18(23-17)16-10-20-11-26-16/h10-13H,2-9H2,1H3,(H,21,24). The van der Waals surface area contributed by atoms with Crippen molar-refractivity contribution in [1.29, 1.82) is 0 Å². The molecule has 138 valence electrons. The number of aryl methyl sites for hydroxylation is 1. The van der Waals surface area contributed by atoms with Gasteiger partial charge < -0.3 is 10.1 Å². The van der Waals surface area contributed by atoms with Crippen LogP contribution in [0.3, 0.4) is 0 Å². The summed E-state index contributed by atoms with van der Waals surface area (Å²) >= 11 is 1.50. The Hall–Kier alpha value is -1.86. The zero-order valence-corrected chi connectivity index (χ0v) is 15.8. The van der Waals surface area contributed by atoms with Gasteiger partial charge in [0.2, 0.25) is 0 Å². The first kappa shape index (κ1) is 17.5. The maximum absolute atomic E-state index is 13.0. The zero-order chi connectivity index (χ0) is 17.9. The largest absolute Gasteiger partial charge is 0.381 e. The van der Waals surface area contributed by atoms with Crippen molar-refractivity contribution < 1.29 is 9.53 Å². The van der Waals surface area contributed by atoms with E-state index in [1.165, 1.54) is 11.3 Å². The average Bonchev–Trinajstić information content (AvgIpc) is 3.22. The van der Waals surface area contributed by atoms with E-state index < -0.39 is 0 Å². The van der Waals surface area contributed by atoms with Gasteiger partial charge in [0.1, 0.15) is 5.69 Å². The number of thiazole rings is 1. The van der Waals surface area contributed by atoms with Gasteiger partial charge in [-0.15, -0.1) is 11.3 Å². The van der Waals surface area contributed by atoms with Gasteiger partial charge in [0, 0.05) is 30.6 Å². The number of ether oxygens (including phenoxy) is 1. The van der Waals surface area contributed by atoms with Crippen molar-refractivity contribution in [2.24, 2.45) is 0 Å². The van der Waals surface area contributed by atoms with E-state index in [4.69, 9.17) is 9.72 Å². The first-order valence-electron chi connectivity index (χ1n) is 9.37. The van der Waals surface area contributed by atoms with Gasteiger partial charge in [0.15, 0.2) is 5.82 Å². The summed E-state index contributed by atoms with van der Waals surface area (Å²) in [6, 6.07) is 0.204. The molecule has 0 atom stereocenters. The molecule has 0 radical (unpaired) electrons. The molecule has 2 aromatic rings. The SMILES string of the molecule is COC1CCC(NC(=O)c2nc(-c3cncs3)nc3c2CCCC3)CC1. The number of carbonyl (C=O) groups is 1. The van der Waals surface area contributed by atoms with Gasteiger partial charge in [-0.3, -0.25) is 9.78 Å². The molecule has 0 spiro atoms. The predicted octanol–water partition coefficient (Wildman–Crippen LogP) is 3.17. The minimum Gasteiger partial charge on any atom is -0.381 e. The Morgan fingerprint density at radius 2 is 2.00 bits per heavy atom. The summed E-state index contributed by atoms with van der Waals surface area (Å²) in [7, 11) is 1.76. The smallest absolute Gasteiger partial charge is 0.270 e. The lowest BCUT2D eigenvalue weighted by molar-refractivity contribution is 0.0598. The minimum atomic E-state index is -0.0582. The number of rotatable bonds is 4. The highest BCUT2D eigenvalue weighted by molar-refractivity contribution is 7.13. The molecular weight excluding hydrogens is 348 g/mol. The number of amides is 1. The maximum atomic E-state index is 13.0. The van der Waals surface area contributed by atoms with Crippen molar-refractivity contribution in [2.75, 3.05) is 7.11 Å². The lowest BCUT2D eigenvalue weighted by Gasteiger charge is -2.28. The van der Waals surface area contributed by atoms with Gasteiger partial charge >= 0.3 is 0 Å². The highest BCUT2D eigenvalue weighted by Crippen LogP contribution is 2.28. The van der Waals surface area contributed by atoms with Gasteiger partial charge in [-0.25, -0.2) is 9.97 Å². The summed E-state index contributed by atoms with van der Waals surface area (Å²) in [6.45, 7) is 0. The van der Waals surface area contributed by atoms with E-state index in [2.05, 4.69) is 15.3 Å². The van der Waals surface area contributed by atoms with E-state index in [1.54, 1.807) is 18.8 Å². The summed E-state index contributed by atoms with van der Waals surface area (Å²) in [5, 5.41) is 3.21. The summed E-state index contributed by atoms with van der Waals surface area (Å²) in [5.74, 6) is 0.568. The Bertz CT molecular complexity index is 770. The molecule has 7 heteroatoms. The summed E-state index contributed by atoms with van der Waals surface area (Å²) < 4.78 is 5.42. The second-order valence-corrected chi connectivity index (χ2v) is 7.96. The Balaban J connectivity index is 1.58. The molecule has 2 aliphatic carbocycles. The molecule has 6 nitrogen and oxygen atoms in total. The van der Waals surface area contributed by atoms with Crippen LogP contribution in [-0.4, -0.2) is 40.1 Å². The number of fused-ring (bicyclic) bond motifs is 1. The van der Waals surface area contributed by atoms with E-state index in [9.17, 15) is 4.79 Å². The van der Waals surface area contributed by atoms with Crippen LogP contribution in [0, 0.1) is 0 Å². The maximum Gasteiger partial charge on any atom is 0.270 e. The Morgan fingerprint density at radius 1 is 1.19 bits per heavy atom. The van der Waals surface area contributed by atoms with Crippen LogP contribution in [0.15, 0.2) is 11.7 Å². The molecule has 2 aromatic heterocycles. The zero-order valence-electron chi connectivity index (χ0n) is 15.0. The third-order valence-electron chi connectivity index (χ3n) is 5.39. The summed E-state index contributed by atoms with van der Waals surface area (Å²) in [4.78, 5) is 27.4. The van der Waals surface area contributed by atoms with E-state index >= 15 is 0 Å². The fraction of sp³-hybridized carbons (Fsp3) is 0.579. The van der Waals surface area contributed by atoms with Gasteiger partial charge in [-0.2, -0.15) is 0 Å². The van der Waals surface area contributed by atoms with Crippen molar-refractivity contribution in [1.82, 2.24) is 20.3 Å². The topological polar surface area (TPSA) is 77.0 Å². The fourth-order valence-corrected chi connectivity index (χ4v) is 4.47. The molecule has 2 aliphatic rings. The highest BCUT2D eigenvalue weighted by Gasteiger charge is 2.27. The second kappa shape index (κ2) is 7.80. The number of hydrogen-bond acceptors (Lipinski definition) is 6. The van der Waals surface area contributed by atoms with Crippen molar-refractivity contribution >= 4 is 17.2 Å². The van der Waals surface area contributed by atoms with Gasteiger partial charge in [-0.1, -0.05) is 0 Å². The van der Waals surface area contributed by atoms with E-state index in [0.29, 0.717) is 17.6 Å². The van der Waals surface area contributed by atoms with Gasteiger partial charge in [-0.05, 0) is 51.4 Å². The summed E-state index contributed by atoms with van der Waals surface area (Å²) in [5.41, 5.74) is 4.40. The van der Waals surface area contributed by atoms with Crippen molar-refractivity contribution in [3.63, 3.8) is 0 Å². The predicted molar refractivity (Wildman–Crippen MR) is 100 cm³/mol. The molecule has 1 N–H and O–H groups in total. The van der Waals surface area contributed by atoms with Crippen molar-refractivity contribution in [2.45, 2.75) is 63.5 Å². The van der Waals surface area contributed by atoms with Crippen molar-refractivity contribution in [3.05, 3.63) is 28.7 Å². The lowest BCUT2D eigenvalue weighted by Crippen LogP contribution is -2.40. The molecule has 4 rings (SSSR count). The normalized spacial score (nSPS) is 22.7. The number of aromatic nitrogens is 3. The third-order valence-corrected chi connectivity index (χ3v) is 6.16. The number of methoxy groups -OCH3 is 1. The van der Waals surface area contributed by atoms with Crippen LogP contribution in [0.1, 0.15) is 60.3 Å². The fourth-order valence-electron chi connectivity index (χ4n) is 3.91. The quantitative estimate of drug-likeness (QED) is 0.892. The van der Waals surface area contributed by atoms with Crippen molar-refractivity contribution in [3.8, 4) is 10.7 Å². The highest BCUT2D eigenvalue weighted by atomic mass is 32.1. The van der Waals surface area contributed by atoms with E-state index in [1.807, 2.05) is 0 Å². The van der Waals surface area contributed by atoms with Crippen LogP contribution < -0.4 is 5.32 Å². The molecule has 1 saturated carbocycles. The molecule has 0 unspecified atom stereocenters. The Labute approximate surface area is 157 Å². The molecule has 0 saturated heterocycles. The monoisotopic (exact) mass is 372 g/mol. The lowest BCUT2D eigenvalue weighted by atomic mass is 9.92. The molecular formula is C19H24N4O2S. The Morgan fingerprint density at radius 3 is 2.73 bits per heavy atom. The minimum absolute atomic E-state index is 0.0582. The van der Waals surface area contributed by atoms with Crippen LogP contribution in [0.2, 0.25) is 0 Å². The van der Waals surface area contributed by atoms with Crippen LogP contribution >= 0.6 is 11.3 Å². The molecule has 2 heterocycles. The molecule has 0 bridgehead atoms. The van der Waals surface area contributed by atoms with E-state index in [-0.39, 0.29) is 11.9 Å². The number of nitrogens with one attached hydrogen (secondary N) is 1. The molecule has 1 fully saturated rings. The third kappa shape index (κ3) is 3.64. The van der Waals surface area contributed by atoms with Gasteiger partial charge in [0.05, 0.1) is 16.5 Å². The average molecular weight is 372 g/mol. The van der Waals surface area contributed by atoms with Gasteiger partial charge in [0.25, 0.3) is 5.91 Å². The van der Waals surface area contributed by atoms with Crippen LogP contribution in [0.4, 0.5) is 0 Å². The molecule has 0 aliphatic heterocycles. The number of nitrogens with zero attached hydrogens (tertiary/aromatic N) is 3. The first-order valence-corrected chi connectivity index (χ1v) is 10.2. The van der Waals surface area contributed by atoms with Crippen LogP contribution in [-0.2, 0) is 17.6 Å². The van der Waals surface area contributed by atoms with Crippen LogP contribution in [0.5, 0.6) is 0 Å². The van der Waals surface area contributed by atoms with E-state index in [0.717, 1.165) is 67.5 Å².